The van der Waals surface area contributed by atoms with Gasteiger partial charge >= 0.3 is 0 Å². The number of imidazole rings is 1. The molecule has 2 aromatic heterocycles. The van der Waals surface area contributed by atoms with Crippen LogP contribution in [0.5, 0.6) is 0 Å². The molecule has 1 saturated heterocycles. The molecule has 3 heterocycles. The number of ether oxygens (including phenoxy) is 1. The summed E-state index contributed by atoms with van der Waals surface area (Å²) in [4.78, 5) is 12.5. The highest BCUT2D eigenvalue weighted by atomic mass is 32.2. The molecule has 4 atom stereocenters. The molecular weight excluding hydrogens is 284 g/mol. The summed E-state index contributed by atoms with van der Waals surface area (Å²) in [7, 11) is 0. The van der Waals surface area contributed by atoms with Gasteiger partial charge in [0.15, 0.2) is 11.9 Å². The molecule has 1 aliphatic rings. The topological polar surface area (TPSA) is 114 Å². The van der Waals surface area contributed by atoms with Crippen molar-refractivity contribution in [3.8, 4) is 0 Å². The standard InChI is InChI=1S/C11H14N4O4S/c1-20-10-6-9(12-3-13-10)15(4-14-6)11-8(18)7(17)5(2-16)19-11/h3-5,7-8,11,16-18H,2H2,1H3/t5-,7+,8-,11-/m0/s1. The predicted octanol–water partition coefficient (Wildman–Crippen LogP) is -0.840. The van der Waals surface area contributed by atoms with Crippen LogP contribution in [0, 0.1) is 0 Å². The van der Waals surface area contributed by atoms with Gasteiger partial charge in [0.05, 0.1) is 12.9 Å². The molecule has 0 radical (unpaired) electrons. The quantitative estimate of drug-likeness (QED) is 0.496. The van der Waals surface area contributed by atoms with Crippen LogP contribution >= 0.6 is 11.8 Å². The van der Waals surface area contributed by atoms with E-state index < -0.39 is 24.5 Å². The first-order chi connectivity index (χ1) is 9.67. The maximum atomic E-state index is 10.0. The van der Waals surface area contributed by atoms with Crippen LogP contribution < -0.4 is 0 Å². The summed E-state index contributed by atoms with van der Waals surface area (Å²) >= 11 is 1.44. The van der Waals surface area contributed by atoms with Crippen molar-refractivity contribution < 1.29 is 20.1 Å². The Bertz CT molecular complexity index is 621. The fraction of sp³-hybridized carbons (Fsp3) is 0.545. The number of hydrogen-bond acceptors (Lipinski definition) is 8. The van der Waals surface area contributed by atoms with Gasteiger partial charge in [-0.3, -0.25) is 4.57 Å². The molecule has 0 unspecified atom stereocenters. The number of aliphatic hydroxyl groups excluding tert-OH is 3. The van der Waals surface area contributed by atoms with Gasteiger partial charge in [0, 0.05) is 0 Å². The highest BCUT2D eigenvalue weighted by molar-refractivity contribution is 7.98. The summed E-state index contributed by atoms with van der Waals surface area (Å²) in [6.45, 7) is -0.369. The molecule has 0 bridgehead atoms. The van der Waals surface area contributed by atoms with Crippen molar-refractivity contribution in [2.75, 3.05) is 12.9 Å². The molecule has 0 amide bonds. The zero-order valence-electron chi connectivity index (χ0n) is 10.6. The molecule has 3 N–H and O–H groups in total. The van der Waals surface area contributed by atoms with Crippen molar-refractivity contribution in [3.05, 3.63) is 12.7 Å². The third-order valence-corrected chi connectivity index (χ3v) is 4.00. The monoisotopic (exact) mass is 298 g/mol. The third kappa shape index (κ3) is 1.98. The maximum Gasteiger partial charge on any atom is 0.166 e. The van der Waals surface area contributed by atoms with Gasteiger partial charge in [-0.15, -0.1) is 11.8 Å². The van der Waals surface area contributed by atoms with Gasteiger partial charge in [-0.2, -0.15) is 0 Å². The number of fused-ring (bicyclic) bond motifs is 1. The number of aliphatic hydroxyl groups is 3. The summed E-state index contributed by atoms with van der Waals surface area (Å²) in [5, 5.41) is 29.7. The lowest BCUT2D eigenvalue weighted by molar-refractivity contribution is -0.0511. The van der Waals surface area contributed by atoms with Crippen molar-refractivity contribution in [1.82, 2.24) is 19.5 Å². The Morgan fingerprint density at radius 1 is 1.30 bits per heavy atom. The van der Waals surface area contributed by atoms with Crippen LogP contribution in [0.25, 0.3) is 11.2 Å². The molecule has 8 nitrogen and oxygen atoms in total. The Kier molecular flexibility index (Phi) is 3.61. The second-order valence-corrected chi connectivity index (χ2v) is 5.23. The van der Waals surface area contributed by atoms with Crippen molar-refractivity contribution in [3.63, 3.8) is 0 Å². The van der Waals surface area contributed by atoms with Crippen LogP contribution in [-0.2, 0) is 4.74 Å². The third-order valence-electron chi connectivity index (χ3n) is 3.31. The summed E-state index contributed by atoms with van der Waals surface area (Å²) in [6, 6.07) is 0. The number of aromatic nitrogens is 4. The van der Waals surface area contributed by atoms with Gasteiger partial charge in [0.1, 0.15) is 35.2 Å². The van der Waals surface area contributed by atoms with Crippen LogP contribution in [0.3, 0.4) is 0 Å². The lowest BCUT2D eigenvalue weighted by Crippen LogP contribution is -2.33. The zero-order valence-corrected chi connectivity index (χ0v) is 11.4. The molecular formula is C11H14N4O4S. The van der Waals surface area contributed by atoms with Crippen molar-refractivity contribution in [1.29, 1.82) is 0 Å². The Labute approximate surface area is 118 Å². The second kappa shape index (κ2) is 5.26. The molecule has 0 spiro atoms. The summed E-state index contributed by atoms with van der Waals surface area (Å²) < 4.78 is 7.01. The van der Waals surface area contributed by atoms with Gasteiger partial charge in [-0.05, 0) is 6.26 Å². The van der Waals surface area contributed by atoms with Gasteiger partial charge in [0.2, 0.25) is 0 Å². The Hall–Kier alpha value is -1.26. The fourth-order valence-corrected chi connectivity index (χ4v) is 2.77. The van der Waals surface area contributed by atoms with Crippen LogP contribution in [-0.4, -0.2) is 66.0 Å². The maximum absolute atomic E-state index is 10.0. The van der Waals surface area contributed by atoms with Crippen LogP contribution in [0.15, 0.2) is 17.7 Å². The number of thioether (sulfide) groups is 1. The number of nitrogens with zero attached hydrogens (tertiary/aromatic N) is 4. The Morgan fingerprint density at radius 2 is 2.10 bits per heavy atom. The molecule has 1 fully saturated rings. The minimum Gasteiger partial charge on any atom is -0.394 e. The summed E-state index contributed by atoms with van der Waals surface area (Å²) in [5.41, 5.74) is 1.12. The van der Waals surface area contributed by atoms with E-state index >= 15 is 0 Å². The molecule has 1 aliphatic heterocycles. The zero-order chi connectivity index (χ0) is 14.3. The molecule has 20 heavy (non-hydrogen) atoms. The number of hydrogen-bond donors (Lipinski definition) is 3. The van der Waals surface area contributed by atoms with E-state index in [4.69, 9.17) is 9.84 Å². The normalized spacial score (nSPS) is 30.2. The minimum absolute atomic E-state index is 0.369. The average molecular weight is 298 g/mol. The van der Waals surface area contributed by atoms with Gasteiger partial charge in [0.25, 0.3) is 0 Å². The van der Waals surface area contributed by atoms with E-state index in [0.717, 1.165) is 5.03 Å². The van der Waals surface area contributed by atoms with Crippen molar-refractivity contribution in [2.45, 2.75) is 29.6 Å². The van der Waals surface area contributed by atoms with E-state index in [9.17, 15) is 10.2 Å². The fourth-order valence-electron chi connectivity index (χ4n) is 2.28. The van der Waals surface area contributed by atoms with Crippen molar-refractivity contribution in [2.24, 2.45) is 0 Å². The molecule has 0 aliphatic carbocycles. The molecule has 0 aromatic carbocycles. The first-order valence-electron chi connectivity index (χ1n) is 6.01. The largest absolute Gasteiger partial charge is 0.394 e. The van der Waals surface area contributed by atoms with E-state index in [1.54, 1.807) is 4.57 Å². The Morgan fingerprint density at radius 3 is 2.75 bits per heavy atom. The van der Waals surface area contributed by atoms with Crippen LogP contribution in [0.2, 0.25) is 0 Å². The van der Waals surface area contributed by atoms with Crippen LogP contribution in [0.4, 0.5) is 0 Å². The van der Waals surface area contributed by atoms with Gasteiger partial charge in [-0.25, -0.2) is 15.0 Å². The predicted molar refractivity (Wildman–Crippen MR) is 70.1 cm³/mol. The molecule has 3 rings (SSSR count). The smallest absolute Gasteiger partial charge is 0.166 e. The first-order valence-corrected chi connectivity index (χ1v) is 7.23. The lowest BCUT2D eigenvalue weighted by atomic mass is 10.1. The number of rotatable bonds is 3. The molecule has 9 heteroatoms. The molecule has 0 saturated carbocycles. The van der Waals surface area contributed by atoms with Crippen LogP contribution in [0.1, 0.15) is 6.23 Å². The molecule has 108 valence electrons. The van der Waals surface area contributed by atoms with E-state index in [2.05, 4.69) is 15.0 Å². The Balaban J connectivity index is 2.03. The lowest BCUT2D eigenvalue weighted by Gasteiger charge is -2.16. The minimum atomic E-state index is -1.16. The highest BCUT2D eigenvalue weighted by Gasteiger charge is 2.43. The highest BCUT2D eigenvalue weighted by Crippen LogP contribution is 2.32. The van der Waals surface area contributed by atoms with E-state index in [0.29, 0.717) is 11.2 Å². The second-order valence-electron chi connectivity index (χ2n) is 4.44. The van der Waals surface area contributed by atoms with Gasteiger partial charge in [-0.1, -0.05) is 0 Å². The molecule has 2 aromatic rings. The van der Waals surface area contributed by atoms with Crippen molar-refractivity contribution >= 4 is 22.9 Å². The van der Waals surface area contributed by atoms with E-state index in [-0.39, 0.29) is 6.61 Å². The van der Waals surface area contributed by atoms with E-state index in [1.807, 2.05) is 6.26 Å². The SMILES string of the molecule is CSc1ncnc2c1ncn2[C@H]1O[C@@H](CO)[C@@H](O)[C@@H]1O. The average Bonchev–Trinajstić information content (AvgIpc) is 3.01. The first kappa shape index (κ1) is 13.7. The summed E-state index contributed by atoms with van der Waals surface area (Å²) in [6.07, 6.45) is 0.813. The van der Waals surface area contributed by atoms with E-state index in [1.165, 1.54) is 24.4 Å². The van der Waals surface area contributed by atoms with Gasteiger partial charge < -0.3 is 20.1 Å². The summed E-state index contributed by atoms with van der Waals surface area (Å²) in [5.74, 6) is 0.